The van der Waals surface area contributed by atoms with Crippen molar-refractivity contribution < 1.29 is 0 Å². The molecule has 4 nitrogen and oxygen atoms in total. The fourth-order valence-corrected chi connectivity index (χ4v) is 1.84. The molecule has 0 spiro atoms. The average molecular weight is 226 g/mol. The number of nitrogens with zero attached hydrogens (tertiary/aromatic N) is 4. The van der Waals surface area contributed by atoms with Gasteiger partial charge in [-0.1, -0.05) is 0 Å². The maximum absolute atomic E-state index is 9.02. The van der Waals surface area contributed by atoms with Gasteiger partial charge in [0.15, 0.2) is 5.69 Å². The Bertz CT molecular complexity index is 549. The molecule has 0 N–H and O–H groups in total. The van der Waals surface area contributed by atoms with E-state index in [4.69, 9.17) is 5.26 Å². The Balaban J connectivity index is 2.17. The topological polar surface area (TPSA) is 54.5 Å². The van der Waals surface area contributed by atoms with Crippen LogP contribution in [0.1, 0.15) is 22.8 Å². The van der Waals surface area contributed by atoms with E-state index in [0.717, 1.165) is 24.4 Å². The SMILES string of the molecule is Cc1nc(C#N)c(CCc2ccncc2)n1C. The van der Waals surface area contributed by atoms with Gasteiger partial charge in [-0.2, -0.15) is 5.26 Å². The molecule has 4 heteroatoms. The summed E-state index contributed by atoms with van der Waals surface area (Å²) in [7, 11) is 1.95. The minimum absolute atomic E-state index is 0.541. The standard InChI is InChI=1S/C13H14N4/c1-10-16-12(9-14)13(17(10)2)4-3-11-5-7-15-8-6-11/h5-8H,3-4H2,1-2H3. The molecule has 0 radical (unpaired) electrons. The first kappa shape index (κ1) is 11.3. The van der Waals surface area contributed by atoms with Gasteiger partial charge in [0.05, 0.1) is 5.69 Å². The van der Waals surface area contributed by atoms with Crippen molar-refractivity contribution in [1.29, 1.82) is 5.26 Å². The van der Waals surface area contributed by atoms with Crippen molar-refractivity contribution in [2.75, 3.05) is 0 Å². The fraction of sp³-hybridized carbons (Fsp3) is 0.308. The van der Waals surface area contributed by atoms with Gasteiger partial charge in [-0.25, -0.2) is 4.98 Å². The predicted molar refractivity (Wildman–Crippen MR) is 64.3 cm³/mol. The first-order chi connectivity index (χ1) is 8.22. The van der Waals surface area contributed by atoms with Gasteiger partial charge < -0.3 is 4.57 Å². The van der Waals surface area contributed by atoms with Crippen molar-refractivity contribution in [3.05, 3.63) is 47.3 Å². The molecule has 0 aliphatic rings. The van der Waals surface area contributed by atoms with E-state index in [0.29, 0.717) is 5.69 Å². The molecule has 2 rings (SSSR count). The largest absolute Gasteiger partial charge is 0.334 e. The molecule has 0 aliphatic heterocycles. The van der Waals surface area contributed by atoms with E-state index in [1.165, 1.54) is 5.56 Å². The van der Waals surface area contributed by atoms with Crippen molar-refractivity contribution in [3.8, 4) is 6.07 Å². The Morgan fingerprint density at radius 2 is 2.00 bits per heavy atom. The van der Waals surface area contributed by atoms with Gasteiger partial charge >= 0.3 is 0 Å². The quantitative estimate of drug-likeness (QED) is 0.801. The molecule has 0 atom stereocenters. The molecular weight excluding hydrogens is 212 g/mol. The van der Waals surface area contributed by atoms with Crippen molar-refractivity contribution in [1.82, 2.24) is 14.5 Å². The monoisotopic (exact) mass is 226 g/mol. The molecule has 0 aromatic carbocycles. The number of aromatic nitrogens is 3. The molecule has 0 fully saturated rings. The smallest absolute Gasteiger partial charge is 0.161 e. The Morgan fingerprint density at radius 1 is 1.29 bits per heavy atom. The lowest BCUT2D eigenvalue weighted by Gasteiger charge is -2.04. The van der Waals surface area contributed by atoms with Gasteiger partial charge in [0.25, 0.3) is 0 Å². The number of rotatable bonds is 3. The van der Waals surface area contributed by atoms with E-state index in [2.05, 4.69) is 16.0 Å². The van der Waals surface area contributed by atoms with Gasteiger partial charge in [-0.3, -0.25) is 4.98 Å². The zero-order valence-electron chi connectivity index (χ0n) is 10.0. The Morgan fingerprint density at radius 3 is 2.65 bits per heavy atom. The molecule has 17 heavy (non-hydrogen) atoms. The summed E-state index contributed by atoms with van der Waals surface area (Å²) >= 11 is 0. The van der Waals surface area contributed by atoms with Crippen LogP contribution < -0.4 is 0 Å². The summed E-state index contributed by atoms with van der Waals surface area (Å²) in [5, 5.41) is 9.02. The van der Waals surface area contributed by atoms with Gasteiger partial charge in [-0.05, 0) is 37.5 Å². The highest BCUT2D eigenvalue weighted by molar-refractivity contribution is 5.29. The van der Waals surface area contributed by atoms with E-state index in [1.54, 1.807) is 12.4 Å². The second-order valence-corrected chi connectivity index (χ2v) is 3.98. The number of pyridine rings is 1. The highest BCUT2D eigenvalue weighted by Crippen LogP contribution is 2.12. The molecule has 0 saturated heterocycles. The molecule has 2 aromatic heterocycles. The van der Waals surface area contributed by atoms with Crippen LogP contribution in [0.3, 0.4) is 0 Å². The highest BCUT2D eigenvalue weighted by Gasteiger charge is 2.11. The lowest BCUT2D eigenvalue weighted by molar-refractivity contribution is 0.771. The Labute approximate surface area is 101 Å². The molecule has 0 saturated carbocycles. The number of hydrogen-bond donors (Lipinski definition) is 0. The number of aryl methyl sites for hydroxylation is 2. The summed E-state index contributed by atoms with van der Waals surface area (Å²) in [6.07, 6.45) is 5.30. The summed E-state index contributed by atoms with van der Waals surface area (Å²) in [5.41, 5.74) is 2.77. The molecule has 0 aliphatic carbocycles. The van der Waals surface area contributed by atoms with Crippen LogP contribution in [0.4, 0.5) is 0 Å². The van der Waals surface area contributed by atoms with Crippen LogP contribution in [0.15, 0.2) is 24.5 Å². The second-order valence-electron chi connectivity index (χ2n) is 3.98. The minimum atomic E-state index is 0.541. The van der Waals surface area contributed by atoms with E-state index >= 15 is 0 Å². The molecule has 0 unspecified atom stereocenters. The van der Waals surface area contributed by atoms with Crippen LogP contribution in [-0.4, -0.2) is 14.5 Å². The maximum atomic E-state index is 9.02. The van der Waals surface area contributed by atoms with Gasteiger partial charge in [-0.15, -0.1) is 0 Å². The van der Waals surface area contributed by atoms with Crippen LogP contribution in [0, 0.1) is 18.3 Å². The fourth-order valence-electron chi connectivity index (χ4n) is 1.84. The first-order valence-corrected chi connectivity index (χ1v) is 5.53. The normalized spacial score (nSPS) is 10.2. The maximum Gasteiger partial charge on any atom is 0.161 e. The van der Waals surface area contributed by atoms with Crippen LogP contribution in [0.2, 0.25) is 0 Å². The van der Waals surface area contributed by atoms with Gasteiger partial charge in [0, 0.05) is 19.4 Å². The summed E-state index contributed by atoms with van der Waals surface area (Å²) in [6.45, 7) is 1.91. The van der Waals surface area contributed by atoms with Crippen LogP contribution in [0.5, 0.6) is 0 Å². The third kappa shape index (κ3) is 2.34. The van der Waals surface area contributed by atoms with E-state index < -0.39 is 0 Å². The Hall–Kier alpha value is -2.15. The molecule has 2 aromatic rings. The van der Waals surface area contributed by atoms with Crippen LogP contribution in [-0.2, 0) is 19.9 Å². The van der Waals surface area contributed by atoms with Gasteiger partial charge in [0.1, 0.15) is 11.9 Å². The molecule has 0 bridgehead atoms. The Kier molecular flexibility index (Phi) is 3.20. The lowest BCUT2D eigenvalue weighted by Crippen LogP contribution is -2.02. The summed E-state index contributed by atoms with van der Waals surface area (Å²) in [5.74, 6) is 0.881. The molecule has 86 valence electrons. The lowest BCUT2D eigenvalue weighted by atomic mass is 10.1. The molecule has 2 heterocycles. The number of imidazole rings is 1. The van der Waals surface area contributed by atoms with Crippen molar-refractivity contribution >= 4 is 0 Å². The number of hydrogen-bond acceptors (Lipinski definition) is 3. The summed E-state index contributed by atoms with van der Waals surface area (Å²) in [6, 6.07) is 6.14. The predicted octanol–water partition coefficient (Wildman–Crippen LogP) is 1.78. The summed E-state index contributed by atoms with van der Waals surface area (Å²) < 4.78 is 1.99. The minimum Gasteiger partial charge on any atom is -0.334 e. The molecular formula is C13H14N4. The third-order valence-electron chi connectivity index (χ3n) is 2.94. The van der Waals surface area contributed by atoms with Crippen LogP contribution in [0.25, 0.3) is 0 Å². The first-order valence-electron chi connectivity index (χ1n) is 5.53. The van der Waals surface area contributed by atoms with Crippen molar-refractivity contribution in [3.63, 3.8) is 0 Å². The third-order valence-corrected chi connectivity index (χ3v) is 2.94. The molecule has 0 amide bonds. The van der Waals surface area contributed by atoms with E-state index in [1.807, 2.05) is 30.7 Å². The second kappa shape index (κ2) is 4.79. The zero-order valence-corrected chi connectivity index (χ0v) is 10.0. The van der Waals surface area contributed by atoms with Gasteiger partial charge in [0.2, 0.25) is 0 Å². The van der Waals surface area contributed by atoms with E-state index in [-0.39, 0.29) is 0 Å². The highest BCUT2D eigenvalue weighted by atomic mass is 15.1. The van der Waals surface area contributed by atoms with Crippen LogP contribution >= 0.6 is 0 Å². The zero-order chi connectivity index (χ0) is 12.3. The van der Waals surface area contributed by atoms with Crippen molar-refractivity contribution in [2.45, 2.75) is 19.8 Å². The summed E-state index contributed by atoms with van der Waals surface area (Å²) in [4.78, 5) is 8.22. The number of nitriles is 1. The van der Waals surface area contributed by atoms with Crippen molar-refractivity contribution in [2.24, 2.45) is 7.05 Å². The van der Waals surface area contributed by atoms with E-state index in [9.17, 15) is 0 Å². The average Bonchev–Trinajstić information content (AvgIpc) is 2.64.